The van der Waals surface area contributed by atoms with Crippen molar-refractivity contribution < 1.29 is 9.84 Å². The number of hydrogen-bond donors (Lipinski definition) is 2. The van der Waals surface area contributed by atoms with Crippen LogP contribution in [0.2, 0.25) is 0 Å². The summed E-state index contributed by atoms with van der Waals surface area (Å²) in [6.07, 6.45) is 2.12. The van der Waals surface area contributed by atoms with E-state index >= 15 is 0 Å². The van der Waals surface area contributed by atoms with Crippen LogP contribution >= 0.6 is 0 Å². The molecule has 0 atom stereocenters. The summed E-state index contributed by atoms with van der Waals surface area (Å²) in [6.45, 7) is 4.66. The maximum absolute atomic E-state index is 8.75. The lowest BCUT2D eigenvalue weighted by Crippen LogP contribution is -2.38. The molecule has 0 unspecified atom stereocenters. The maximum Gasteiger partial charge on any atom is 0.225 e. The van der Waals surface area contributed by atoms with E-state index < -0.39 is 0 Å². The van der Waals surface area contributed by atoms with Gasteiger partial charge >= 0.3 is 0 Å². The summed E-state index contributed by atoms with van der Waals surface area (Å²) >= 11 is 0. The second-order valence-electron chi connectivity index (χ2n) is 4.79. The third-order valence-electron chi connectivity index (χ3n) is 3.27. The Labute approximate surface area is 113 Å². The van der Waals surface area contributed by atoms with E-state index in [0.717, 1.165) is 43.3 Å². The highest BCUT2D eigenvalue weighted by Crippen LogP contribution is 2.18. The Morgan fingerprint density at radius 2 is 2.16 bits per heavy atom. The van der Waals surface area contributed by atoms with Gasteiger partial charge in [-0.2, -0.15) is 0 Å². The molecule has 0 aromatic carbocycles. The van der Waals surface area contributed by atoms with Crippen molar-refractivity contribution >= 4 is 5.95 Å². The Bertz CT molecular complexity index is 406. The number of aliphatic hydroxyl groups excluding tert-OH is 1. The molecular formula is C13H22N4O2. The Kier molecular flexibility index (Phi) is 5.07. The van der Waals surface area contributed by atoms with Crippen molar-refractivity contribution in [2.75, 3.05) is 31.2 Å². The number of aryl methyl sites for hydroxylation is 1. The maximum atomic E-state index is 8.75. The average molecular weight is 266 g/mol. The standard InChI is InChI=1S/C13H22N4O2/c1-10-8-11(9-14)16-13(15-10)17-4-2-12(3-5-17)19-7-6-18/h8,12,18H,2-7,9,14H2,1H3. The fourth-order valence-electron chi connectivity index (χ4n) is 2.30. The highest BCUT2D eigenvalue weighted by atomic mass is 16.5. The number of nitrogens with two attached hydrogens (primary N) is 1. The molecule has 1 saturated heterocycles. The largest absolute Gasteiger partial charge is 0.394 e. The summed E-state index contributed by atoms with van der Waals surface area (Å²) in [4.78, 5) is 11.1. The molecule has 0 bridgehead atoms. The average Bonchev–Trinajstić information content (AvgIpc) is 2.45. The van der Waals surface area contributed by atoms with Crippen molar-refractivity contribution in [3.63, 3.8) is 0 Å². The minimum atomic E-state index is 0.0844. The van der Waals surface area contributed by atoms with Crippen LogP contribution in [0.15, 0.2) is 6.07 Å². The number of aliphatic hydroxyl groups is 1. The number of anilines is 1. The van der Waals surface area contributed by atoms with Crippen LogP contribution in [0.3, 0.4) is 0 Å². The number of piperidine rings is 1. The zero-order valence-corrected chi connectivity index (χ0v) is 11.4. The summed E-state index contributed by atoms with van der Waals surface area (Å²) in [5.74, 6) is 0.765. The highest BCUT2D eigenvalue weighted by molar-refractivity contribution is 5.33. The van der Waals surface area contributed by atoms with Crippen LogP contribution in [-0.4, -0.2) is 47.5 Å². The van der Waals surface area contributed by atoms with Crippen LogP contribution in [-0.2, 0) is 11.3 Å². The Morgan fingerprint density at radius 3 is 2.79 bits per heavy atom. The highest BCUT2D eigenvalue weighted by Gasteiger charge is 2.21. The lowest BCUT2D eigenvalue weighted by molar-refractivity contribution is 0.0157. The van der Waals surface area contributed by atoms with Gasteiger partial charge in [-0.25, -0.2) is 9.97 Å². The van der Waals surface area contributed by atoms with Crippen LogP contribution < -0.4 is 10.6 Å². The molecule has 0 amide bonds. The minimum Gasteiger partial charge on any atom is -0.394 e. The molecule has 2 heterocycles. The van der Waals surface area contributed by atoms with Gasteiger partial charge < -0.3 is 20.5 Å². The molecule has 6 heteroatoms. The topological polar surface area (TPSA) is 84.5 Å². The number of nitrogens with zero attached hydrogens (tertiary/aromatic N) is 3. The van der Waals surface area contributed by atoms with Gasteiger partial charge in [-0.05, 0) is 25.8 Å². The van der Waals surface area contributed by atoms with Gasteiger partial charge in [0.05, 0.1) is 25.0 Å². The van der Waals surface area contributed by atoms with Gasteiger partial charge in [-0.3, -0.25) is 0 Å². The second-order valence-corrected chi connectivity index (χ2v) is 4.79. The first kappa shape index (κ1) is 14.2. The lowest BCUT2D eigenvalue weighted by atomic mass is 10.1. The summed E-state index contributed by atoms with van der Waals surface area (Å²) in [5, 5.41) is 8.75. The Morgan fingerprint density at radius 1 is 1.42 bits per heavy atom. The zero-order chi connectivity index (χ0) is 13.7. The molecule has 1 aliphatic rings. The van der Waals surface area contributed by atoms with Crippen LogP contribution in [0.25, 0.3) is 0 Å². The monoisotopic (exact) mass is 266 g/mol. The molecule has 106 valence electrons. The molecule has 6 nitrogen and oxygen atoms in total. The van der Waals surface area contributed by atoms with E-state index in [-0.39, 0.29) is 12.7 Å². The molecule has 1 aliphatic heterocycles. The van der Waals surface area contributed by atoms with Crippen LogP contribution in [0.1, 0.15) is 24.2 Å². The van der Waals surface area contributed by atoms with E-state index in [1.54, 1.807) is 0 Å². The Balaban J connectivity index is 1.95. The molecule has 1 fully saturated rings. The van der Waals surface area contributed by atoms with E-state index in [1.165, 1.54) is 0 Å². The van der Waals surface area contributed by atoms with Gasteiger partial charge in [0.25, 0.3) is 0 Å². The number of aromatic nitrogens is 2. The molecule has 0 spiro atoms. The van der Waals surface area contributed by atoms with Crippen LogP contribution in [0, 0.1) is 6.92 Å². The third-order valence-corrected chi connectivity index (χ3v) is 3.27. The van der Waals surface area contributed by atoms with E-state index in [9.17, 15) is 0 Å². The third kappa shape index (κ3) is 3.86. The lowest BCUT2D eigenvalue weighted by Gasteiger charge is -2.32. The Hall–Kier alpha value is -1.24. The second kappa shape index (κ2) is 6.79. The van der Waals surface area contributed by atoms with Gasteiger partial charge in [0.2, 0.25) is 5.95 Å². The SMILES string of the molecule is Cc1cc(CN)nc(N2CCC(OCCO)CC2)n1. The van der Waals surface area contributed by atoms with Gasteiger partial charge in [0, 0.05) is 25.3 Å². The van der Waals surface area contributed by atoms with Crippen molar-refractivity contribution in [3.05, 3.63) is 17.5 Å². The van der Waals surface area contributed by atoms with Crippen molar-refractivity contribution in [2.45, 2.75) is 32.4 Å². The van der Waals surface area contributed by atoms with Crippen molar-refractivity contribution in [2.24, 2.45) is 5.73 Å². The van der Waals surface area contributed by atoms with Gasteiger partial charge in [-0.1, -0.05) is 0 Å². The first-order valence-corrected chi connectivity index (χ1v) is 6.75. The molecule has 3 N–H and O–H groups in total. The summed E-state index contributed by atoms with van der Waals surface area (Å²) < 4.78 is 5.55. The molecule has 19 heavy (non-hydrogen) atoms. The summed E-state index contributed by atoms with van der Waals surface area (Å²) in [5.41, 5.74) is 7.47. The van der Waals surface area contributed by atoms with Gasteiger partial charge in [0.15, 0.2) is 0 Å². The zero-order valence-electron chi connectivity index (χ0n) is 11.4. The molecule has 2 rings (SSSR count). The quantitative estimate of drug-likeness (QED) is 0.793. The minimum absolute atomic E-state index is 0.0844. The molecule has 1 aromatic rings. The van der Waals surface area contributed by atoms with Gasteiger partial charge in [-0.15, -0.1) is 0 Å². The first-order valence-electron chi connectivity index (χ1n) is 6.75. The molecule has 0 saturated carbocycles. The van der Waals surface area contributed by atoms with Crippen molar-refractivity contribution in [1.82, 2.24) is 9.97 Å². The predicted octanol–water partition coefficient (Wildman–Crippen LogP) is 0.221. The number of hydrogen-bond acceptors (Lipinski definition) is 6. The molecular weight excluding hydrogens is 244 g/mol. The predicted molar refractivity (Wildman–Crippen MR) is 72.9 cm³/mol. The van der Waals surface area contributed by atoms with E-state index in [4.69, 9.17) is 15.6 Å². The summed E-state index contributed by atoms with van der Waals surface area (Å²) in [6, 6.07) is 1.92. The molecule has 0 aliphatic carbocycles. The van der Waals surface area contributed by atoms with Crippen LogP contribution in [0.4, 0.5) is 5.95 Å². The number of rotatable bonds is 5. The summed E-state index contributed by atoms with van der Waals surface area (Å²) in [7, 11) is 0. The molecule has 0 radical (unpaired) electrons. The number of ether oxygens (including phenoxy) is 1. The fraction of sp³-hybridized carbons (Fsp3) is 0.692. The van der Waals surface area contributed by atoms with Crippen molar-refractivity contribution in [3.8, 4) is 0 Å². The first-order chi connectivity index (χ1) is 9.22. The molecule has 1 aromatic heterocycles. The van der Waals surface area contributed by atoms with E-state index in [0.29, 0.717) is 13.2 Å². The fourth-order valence-corrected chi connectivity index (χ4v) is 2.30. The van der Waals surface area contributed by atoms with Crippen molar-refractivity contribution in [1.29, 1.82) is 0 Å². The van der Waals surface area contributed by atoms with E-state index in [1.807, 2.05) is 13.0 Å². The smallest absolute Gasteiger partial charge is 0.225 e. The normalized spacial score (nSPS) is 16.9. The van der Waals surface area contributed by atoms with E-state index in [2.05, 4.69) is 14.9 Å². The van der Waals surface area contributed by atoms with Gasteiger partial charge in [0.1, 0.15) is 0 Å². The van der Waals surface area contributed by atoms with Crippen LogP contribution in [0.5, 0.6) is 0 Å².